The summed E-state index contributed by atoms with van der Waals surface area (Å²) in [6.45, 7) is 0. The first-order valence-corrected chi connectivity index (χ1v) is 9.41. The Bertz CT molecular complexity index is 887. The number of rotatable bonds is 5. The van der Waals surface area contributed by atoms with Gasteiger partial charge in [-0.3, -0.25) is 4.79 Å². The second-order valence-corrected chi connectivity index (χ2v) is 7.26. The molecule has 1 amide bonds. The molecule has 3 aromatic rings. The average molecular weight is 374 g/mol. The van der Waals surface area contributed by atoms with E-state index in [0.717, 1.165) is 16.3 Å². The van der Waals surface area contributed by atoms with Gasteiger partial charge in [0.15, 0.2) is 0 Å². The van der Waals surface area contributed by atoms with E-state index in [2.05, 4.69) is 20.6 Å². The molecule has 0 saturated carbocycles. The number of hydrogen-bond donors (Lipinski definition) is 0. The van der Waals surface area contributed by atoms with Gasteiger partial charge in [-0.25, -0.2) is 9.69 Å². The van der Waals surface area contributed by atoms with Crippen molar-refractivity contribution in [2.45, 2.75) is 17.6 Å². The van der Waals surface area contributed by atoms with Crippen LogP contribution in [0.1, 0.15) is 23.1 Å². The Hall–Kier alpha value is -2.46. The molecule has 1 aliphatic heterocycles. The van der Waals surface area contributed by atoms with Gasteiger partial charge in [0.25, 0.3) is 5.91 Å². The fraction of sp³-hybridized carbons (Fsp3) is 0.267. The van der Waals surface area contributed by atoms with Crippen molar-refractivity contribution in [1.29, 1.82) is 0 Å². The summed E-state index contributed by atoms with van der Waals surface area (Å²) in [5.74, 6) is 0.821. The predicted molar refractivity (Wildman–Crippen MR) is 93.3 cm³/mol. The highest BCUT2D eigenvalue weighted by atomic mass is 32.2. The molecular formula is C15H14N6O2S2. The topological polar surface area (TPSA) is 89.4 Å². The Balaban J connectivity index is 1.55. The summed E-state index contributed by atoms with van der Waals surface area (Å²) in [6.07, 6.45) is 2.25. The highest BCUT2D eigenvalue weighted by Crippen LogP contribution is 2.34. The fourth-order valence-corrected chi connectivity index (χ4v) is 3.99. The average Bonchev–Trinajstić information content (AvgIpc) is 3.38. The molecule has 128 valence electrons. The summed E-state index contributed by atoms with van der Waals surface area (Å²) in [4.78, 5) is 13.8. The number of thiophene rings is 1. The van der Waals surface area contributed by atoms with Crippen LogP contribution in [0.25, 0.3) is 0 Å². The van der Waals surface area contributed by atoms with E-state index in [0.29, 0.717) is 11.6 Å². The predicted octanol–water partition coefficient (Wildman–Crippen LogP) is 2.33. The molecule has 25 heavy (non-hydrogen) atoms. The van der Waals surface area contributed by atoms with E-state index in [4.69, 9.17) is 4.42 Å². The number of aryl methyl sites for hydroxylation is 1. The lowest BCUT2D eigenvalue weighted by Gasteiger charge is -2.19. The molecule has 0 aromatic carbocycles. The van der Waals surface area contributed by atoms with Gasteiger partial charge in [0.2, 0.25) is 5.16 Å². The van der Waals surface area contributed by atoms with E-state index in [1.54, 1.807) is 24.6 Å². The first-order valence-electron chi connectivity index (χ1n) is 7.54. The van der Waals surface area contributed by atoms with Crippen molar-refractivity contribution in [3.05, 3.63) is 46.5 Å². The first kappa shape index (κ1) is 16.0. The second kappa shape index (κ2) is 6.81. The Morgan fingerprint density at radius 2 is 2.36 bits per heavy atom. The minimum Gasteiger partial charge on any atom is -0.467 e. The maximum absolute atomic E-state index is 12.8. The number of nitrogens with zero attached hydrogens (tertiary/aromatic N) is 6. The summed E-state index contributed by atoms with van der Waals surface area (Å²) in [5, 5.41) is 19.9. The van der Waals surface area contributed by atoms with Gasteiger partial charge < -0.3 is 4.42 Å². The van der Waals surface area contributed by atoms with Crippen LogP contribution >= 0.6 is 23.1 Å². The molecule has 0 bridgehead atoms. The molecule has 8 nitrogen and oxygen atoms in total. The highest BCUT2D eigenvalue weighted by Gasteiger charge is 2.35. The summed E-state index contributed by atoms with van der Waals surface area (Å²) < 4.78 is 7.06. The minimum atomic E-state index is -0.224. The number of tetrazole rings is 1. The zero-order chi connectivity index (χ0) is 17.2. The Kier molecular flexibility index (Phi) is 4.36. The zero-order valence-electron chi connectivity index (χ0n) is 13.3. The van der Waals surface area contributed by atoms with E-state index in [9.17, 15) is 4.79 Å². The molecule has 0 N–H and O–H groups in total. The van der Waals surface area contributed by atoms with E-state index < -0.39 is 0 Å². The molecule has 1 atom stereocenters. The Labute approximate surface area is 151 Å². The van der Waals surface area contributed by atoms with Gasteiger partial charge in [-0.2, -0.15) is 5.10 Å². The summed E-state index contributed by atoms with van der Waals surface area (Å²) in [5.41, 5.74) is 0.898. The molecule has 0 aliphatic carbocycles. The minimum absolute atomic E-state index is 0.110. The molecule has 10 heteroatoms. The number of hydrazone groups is 1. The number of thioether (sulfide) groups is 1. The van der Waals surface area contributed by atoms with Gasteiger partial charge in [-0.15, -0.1) is 16.4 Å². The second-order valence-electron chi connectivity index (χ2n) is 5.37. The third-order valence-corrected chi connectivity index (χ3v) is 5.66. The Morgan fingerprint density at radius 3 is 3.04 bits per heavy atom. The van der Waals surface area contributed by atoms with Crippen LogP contribution in [0.5, 0.6) is 0 Å². The lowest BCUT2D eigenvalue weighted by atomic mass is 10.1. The number of hydrogen-bond acceptors (Lipinski definition) is 8. The molecule has 1 aliphatic rings. The first-order chi connectivity index (χ1) is 12.2. The SMILES string of the molecule is Cn1nnnc1SCC(=O)N1N=C(c2cccs2)CC1c1ccco1. The Morgan fingerprint density at radius 1 is 1.44 bits per heavy atom. The van der Waals surface area contributed by atoms with Gasteiger partial charge in [0.1, 0.15) is 11.8 Å². The smallest absolute Gasteiger partial charge is 0.253 e. The van der Waals surface area contributed by atoms with Crippen molar-refractivity contribution in [2.24, 2.45) is 12.1 Å². The van der Waals surface area contributed by atoms with Gasteiger partial charge >= 0.3 is 0 Å². The van der Waals surface area contributed by atoms with Crippen LogP contribution < -0.4 is 0 Å². The number of aromatic nitrogens is 4. The van der Waals surface area contributed by atoms with Gasteiger partial charge in [-0.1, -0.05) is 17.8 Å². The van der Waals surface area contributed by atoms with Crippen molar-refractivity contribution in [3.8, 4) is 0 Å². The number of carbonyl (C=O) groups is 1. The molecule has 4 rings (SSSR count). The fourth-order valence-electron chi connectivity index (χ4n) is 2.57. The largest absolute Gasteiger partial charge is 0.467 e. The van der Waals surface area contributed by atoms with Crippen molar-refractivity contribution < 1.29 is 9.21 Å². The molecular weight excluding hydrogens is 360 g/mol. The van der Waals surface area contributed by atoms with E-state index in [1.165, 1.54) is 21.5 Å². The van der Waals surface area contributed by atoms with E-state index in [1.807, 2.05) is 29.6 Å². The quantitative estimate of drug-likeness (QED) is 0.637. The number of amides is 1. The molecule has 0 saturated heterocycles. The maximum atomic E-state index is 12.8. The third kappa shape index (κ3) is 3.22. The molecule has 0 spiro atoms. The van der Waals surface area contributed by atoms with Crippen LogP contribution in [-0.2, 0) is 11.8 Å². The van der Waals surface area contributed by atoms with Crippen LogP contribution in [-0.4, -0.2) is 42.6 Å². The van der Waals surface area contributed by atoms with Crippen LogP contribution in [0.15, 0.2) is 50.6 Å². The van der Waals surface area contributed by atoms with Gasteiger partial charge in [0.05, 0.1) is 22.6 Å². The van der Waals surface area contributed by atoms with Crippen molar-refractivity contribution in [3.63, 3.8) is 0 Å². The van der Waals surface area contributed by atoms with Crippen LogP contribution in [0.2, 0.25) is 0 Å². The number of carbonyl (C=O) groups excluding carboxylic acids is 1. The van der Waals surface area contributed by atoms with Crippen molar-refractivity contribution in [1.82, 2.24) is 25.2 Å². The summed E-state index contributed by atoms with van der Waals surface area (Å²) in [6, 6.07) is 7.46. The summed E-state index contributed by atoms with van der Waals surface area (Å²) >= 11 is 2.90. The maximum Gasteiger partial charge on any atom is 0.253 e. The van der Waals surface area contributed by atoms with Crippen LogP contribution in [0.4, 0.5) is 0 Å². The van der Waals surface area contributed by atoms with Crippen LogP contribution in [0.3, 0.4) is 0 Å². The third-order valence-electron chi connectivity index (χ3n) is 3.75. The lowest BCUT2D eigenvalue weighted by Crippen LogP contribution is -2.28. The molecule has 1 unspecified atom stereocenters. The van der Waals surface area contributed by atoms with E-state index in [-0.39, 0.29) is 17.7 Å². The molecule has 4 heterocycles. The van der Waals surface area contributed by atoms with E-state index >= 15 is 0 Å². The van der Waals surface area contributed by atoms with Crippen molar-refractivity contribution >= 4 is 34.7 Å². The van der Waals surface area contributed by atoms with Crippen molar-refractivity contribution in [2.75, 3.05) is 5.75 Å². The molecule has 0 radical (unpaired) electrons. The van der Waals surface area contributed by atoms with Gasteiger partial charge in [0, 0.05) is 13.5 Å². The molecule has 0 fully saturated rings. The normalized spacial score (nSPS) is 17.1. The highest BCUT2D eigenvalue weighted by molar-refractivity contribution is 7.99. The standard InChI is InChI=1S/C15H14N6O2S2/c1-20-15(16-18-19-20)25-9-14(22)21-11(12-4-2-6-23-12)8-10(17-21)13-5-3-7-24-13/h2-7,11H,8-9H2,1H3. The molecule has 3 aromatic heterocycles. The van der Waals surface area contributed by atoms with Gasteiger partial charge in [-0.05, 0) is 34.0 Å². The monoisotopic (exact) mass is 374 g/mol. The number of furan rings is 1. The zero-order valence-corrected chi connectivity index (χ0v) is 14.9. The van der Waals surface area contributed by atoms with Crippen LogP contribution in [0, 0.1) is 0 Å². The summed E-state index contributed by atoms with van der Waals surface area (Å²) in [7, 11) is 1.74. The lowest BCUT2D eigenvalue weighted by molar-refractivity contribution is -0.130.